The third-order valence-electron chi connectivity index (χ3n) is 3.65. The number of phosphoric ester groups is 1. The fourth-order valence-electron chi connectivity index (χ4n) is 2.14. The summed E-state index contributed by atoms with van der Waals surface area (Å²) in [7, 11) is -4.50. The molecule has 148 valence electrons. The molecule has 1 unspecified atom stereocenters. The molecule has 1 atom stereocenters. The predicted octanol–water partition coefficient (Wildman–Crippen LogP) is 3.70. The highest BCUT2D eigenvalue weighted by atomic mass is 32.1. The molecule has 2 aromatic rings. The monoisotopic (exact) mass is 429 g/mol. The summed E-state index contributed by atoms with van der Waals surface area (Å²) < 4.78 is 21.0. The molecular weight excluding hydrogens is 405 g/mol. The molecule has 0 aliphatic heterocycles. The van der Waals surface area contributed by atoms with E-state index in [1.807, 2.05) is 30.5 Å². The molecule has 6 nitrogen and oxygen atoms in total. The third-order valence-corrected chi connectivity index (χ3v) is 6.11. The second-order valence-electron chi connectivity index (χ2n) is 6.48. The summed E-state index contributed by atoms with van der Waals surface area (Å²) in [4.78, 5) is 19.6. The summed E-state index contributed by atoms with van der Waals surface area (Å²) >= 11 is 3.18. The minimum atomic E-state index is -4.50. The van der Waals surface area contributed by atoms with Gasteiger partial charge in [-0.2, -0.15) is 0 Å². The second-order valence-corrected chi connectivity index (χ2v) is 9.76. The maximum atomic E-state index is 10.8. The number of ether oxygens (including phenoxy) is 1. The molecule has 0 spiro atoms. The van der Waals surface area contributed by atoms with Crippen molar-refractivity contribution in [1.29, 1.82) is 0 Å². The lowest BCUT2D eigenvalue weighted by Crippen LogP contribution is -2.41. The molecule has 27 heavy (non-hydrogen) atoms. The highest BCUT2D eigenvalue weighted by Gasteiger charge is 2.24. The van der Waals surface area contributed by atoms with Gasteiger partial charge in [0, 0.05) is 22.4 Å². The van der Waals surface area contributed by atoms with E-state index in [4.69, 9.17) is 20.3 Å². The Labute approximate surface area is 167 Å². The highest BCUT2D eigenvalue weighted by molar-refractivity contribution is 7.46. The van der Waals surface area contributed by atoms with E-state index < -0.39 is 13.4 Å². The Morgan fingerprint density at radius 2 is 2.11 bits per heavy atom. The van der Waals surface area contributed by atoms with Crippen LogP contribution >= 0.6 is 30.5 Å². The van der Waals surface area contributed by atoms with Gasteiger partial charge in [-0.15, -0.1) is 22.7 Å². The summed E-state index contributed by atoms with van der Waals surface area (Å²) in [6.45, 7) is 4.11. The lowest BCUT2D eigenvalue weighted by molar-refractivity contribution is 0.154. The second kappa shape index (κ2) is 9.85. The van der Waals surface area contributed by atoms with Gasteiger partial charge >= 0.3 is 7.82 Å². The smallest absolute Gasteiger partial charge is 0.469 e. The van der Waals surface area contributed by atoms with Gasteiger partial charge in [-0.3, -0.25) is 4.52 Å². The zero-order valence-corrected chi connectivity index (χ0v) is 17.8. The molecule has 9 heteroatoms. The van der Waals surface area contributed by atoms with Crippen molar-refractivity contribution in [3.63, 3.8) is 0 Å². The van der Waals surface area contributed by atoms with Gasteiger partial charge in [0.05, 0.1) is 11.5 Å². The van der Waals surface area contributed by atoms with Gasteiger partial charge in [0.25, 0.3) is 0 Å². The Morgan fingerprint density at radius 3 is 2.78 bits per heavy atom. The van der Waals surface area contributed by atoms with Crippen molar-refractivity contribution in [2.75, 3.05) is 13.2 Å². The summed E-state index contributed by atoms with van der Waals surface area (Å²) in [6.07, 6.45) is 1.91. The van der Waals surface area contributed by atoms with Crippen LogP contribution in [-0.2, 0) is 15.5 Å². The van der Waals surface area contributed by atoms with Crippen LogP contribution in [0.4, 0.5) is 0 Å². The van der Waals surface area contributed by atoms with Crippen molar-refractivity contribution in [2.45, 2.75) is 38.6 Å². The van der Waals surface area contributed by atoms with Gasteiger partial charge in [0.2, 0.25) is 0 Å². The molecule has 0 fully saturated rings. The van der Waals surface area contributed by atoms with Crippen LogP contribution in [0.3, 0.4) is 0 Å². The van der Waals surface area contributed by atoms with Crippen molar-refractivity contribution < 1.29 is 23.6 Å². The van der Waals surface area contributed by atoms with E-state index in [2.05, 4.69) is 16.4 Å². The van der Waals surface area contributed by atoms with Gasteiger partial charge in [0.15, 0.2) is 5.06 Å². The first kappa shape index (κ1) is 22.1. The molecule has 0 aromatic carbocycles. The van der Waals surface area contributed by atoms with Gasteiger partial charge in [0.1, 0.15) is 6.61 Å². The van der Waals surface area contributed by atoms with Crippen molar-refractivity contribution in [3.8, 4) is 16.9 Å². The quantitative estimate of drug-likeness (QED) is 0.319. The Bertz CT molecular complexity index is 843. The highest BCUT2D eigenvalue weighted by Crippen LogP contribution is 2.37. The maximum Gasteiger partial charge on any atom is 0.469 e. The summed E-state index contributed by atoms with van der Waals surface area (Å²) in [5.74, 6) is 6.25. The molecule has 0 saturated carbocycles. The number of thiophene rings is 2. The van der Waals surface area contributed by atoms with E-state index in [-0.39, 0.29) is 6.61 Å². The predicted molar refractivity (Wildman–Crippen MR) is 109 cm³/mol. The van der Waals surface area contributed by atoms with Gasteiger partial charge < -0.3 is 20.3 Å². The zero-order valence-electron chi connectivity index (χ0n) is 15.3. The first-order valence-electron chi connectivity index (χ1n) is 8.38. The number of nitrogens with two attached hydrogens (primary N) is 1. The van der Waals surface area contributed by atoms with Crippen LogP contribution in [-0.4, -0.2) is 28.5 Å². The lowest BCUT2D eigenvalue weighted by atomic mass is 9.98. The van der Waals surface area contributed by atoms with Crippen LogP contribution in [0.2, 0.25) is 0 Å². The van der Waals surface area contributed by atoms with E-state index >= 15 is 0 Å². The molecule has 2 rings (SSSR count). The average molecular weight is 430 g/mol. The molecule has 0 radical (unpaired) electrons. The van der Waals surface area contributed by atoms with Gasteiger partial charge in [-0.25, -0.2) is 4.57 Å². The van der Waals surface area contributed by atoms with E-state index in [0.29, 0.717) is 25.9 Å². The van der Waals surface area contributed by atoms with Crippen molar-refractivity contribution in [1.82, 2.24) is 0 Å². The van der Waals surface area contributed by atoms with E-state index in [1.165, 1.54) is 0 Å². The maximum absolute atomic E-state index is 10.8. The fourth-order valence-corrected chi connectivity index (χ4v) is 4.29. The molecule has 0 bridgehead atoms. The first-order valence-corrected chi connectivity index (χ1v) is 11.6. The normalized spacial score (nSPS) is 13.7. The van der Waals surface area contributed by atoms with E-state index in [1.54, 1.807) is 29.6 Å². The minimum absolute atomic E-state index is 0.195. The number of hydrogen-bond acceptors (Lipinski definition) is 6. The fraction of sp³-hybridized carbons (Fsp3) is 0.444. The third kappa shape index (κ3) is 8.58. The molecular formula is C18H24NO5PS2. The standard InChI is InChI=1S/C18H24NO5PS2/c1-14-9-12-26-17(14)23-11-4-3-5-15-6-7-16(27-15)8-10-18(2,19)13-24-25(20,21)22/h6-7,9,12H,4,8,10-11,13,19H2,1-2H3,(H2,20,21,22). The number of rotatable bonds is 9. The van der Waals surface area contributed by atoms with E-state index in [0.717, 1.165) is 20.4 Å². The van der Waals surface area contributed by atoms with Crippen LogP contribution in [0.5, 0.6) is 5.06 Å². The Hall–Kier alpha value is -1.17. The van der Waals surface area contributed by atoms with Crippen LogP contribution in [0.25, 0.3) is 0 Å². The largest absolute Gasteiger partial charge is 0.483 e. The van der Waals surface area contributed by atoms with Crippen molar-refractivity contribution in [2.24, 2.45) is 5.73 Å². The lowest BCUT2D eigenvalue weighted by Gasteiger charge is -2.24. The Kier molecular flexibility index (Phi) is 8.07. The van der Waals surface area contributed by atoms with E-state index in [9.17, 15) is 4.57 Å². The van der Waals surface area contributed by atoms with Crippen molar-refractivity contribution >= 4 is 30.5 Å². The SMILES string of the molecule is Cc1ccsc1OCCC#Cc1ccc(CCC(C)(N)COP(=O)(O)O)s1. The molecule has 0 amide bonds. The van der Waals surface area contributed by atoms with Crippen LogP contribution < -0.4 is 10.5 Å². The van der Waals surface area contributed by atoms with Crippen LogP contribution in [0, 0.1) is 18.8 Å². The number of hydrogen-bond donors (Lipinski definition) is 3. The minimum Gasteiger partial charge on any atom is -0.483 e. The summed E-state index contributed by atoms with van der Waals surface area (Å²) in [5, 5.41) is 2.96. The number of aryl methyl sites for hydroxylation is 2. The number of phosphoric acid groups is 1. The summed E-state index contributed by atoms with van der Waals surface area (Å²) in [6, 6.07) is 6.00. The summed E-state index contributed by atoms with van der Waals surface area (Å²) in [5.41, 5.74) is 6.37. The van der Waals surface area contributed by atoms with Crippen LogP contribution in [0.15, 0.2) is 23.6 Å². The molecule has 0 aliphatic rings. The molecule has 2 aromatic heterocycles. The van der Waals surface area contributed by atoms with Crippen LogP contribution in [0.1, 0.15) is 35.1 Å². The Morgan fingerprint density at radius 1 is 1.33 bits per heavy atom. The molecule has 4 N–H and O–H groups in total. The molecule has 0 saturated heterocycles. The topological polar surface area (TPSA) is 102 Å². The molecule has 0 aliphatic carbocycles. The zero-order chi connectivity index (χ0) is 19.9. The molecule has 2 heterocycles. The average Bonchev–Trinajstić information content (AvgIpc) is 3.20. The van der Waals surface area contributed by atoms with Gasteiger partial charge in [-0.1, -0.05) is 11.8 Å². The van der Waals surface area contributed by atoms with Gasteiger partial charge in [-0.05, 0) is 50.3 Å². The Balaban J connectivity index is 1.74. The first-order chi connectivity index (χ1) is 12.6. The van der Waals surface area contributed by atoms with Crippen molar-refractivity contribution in [3.05, 3.63) is 38.9 Å².